The van der Waals surface area contributed by atoms with Crippen LogP contribution in [-0.2, 0) is 6.42 Å². The molecule has 4 nitrogen and oxygen atoms in total. The molecule has 7 aromatic carbocycles. The number of benzene rings is 7. The maximum Gasteiger partial charge on any atom is 0.135 e. The second-order valence-corrected chi connectivity index (χ2v) is 14.0. The van der Waals surface area contributed by atoms with Crippen LogP contribution < -0.4 is 0 Å². The van der Waals surface area contributed by atoms with Crippen LogP contribution in [0.3, 0.4) is 0 Å². The summed E-state index contributed by atoms with van der Waals surface area (Å²) < 4.78 is 17.2. The third-order valence-electron chi connectivity index (χ3n) is 11.2. The number of para-hydroxylation sites is 3. The van der Waals surface area contributed by atoms with E-state index >= 15 is 0 Å². The zero-order chi connectivity index (χ0) is 33.9. The van der Waals surface area contributed by atoms with Crippen molar-refractivity contribution in [3.8, 4) is 22.5 Å². The van der Waals surface area contributed by atoms with Gasteiger partial charge >= 0.3 is 0 Å². The van der Waals surface area contributed by atoms with Crippen LogP contribution in [0.4, 0.5) is 0 Å². The maximum absolute atomic E-state index is 6.21. The van der Waals surface area contributed by atoms with E-state index in [9.17, 15) is 0 Å². The van der Waals surface area contributed by atoms with Crippen molar-refractivity contribution in [2.75, 3.05) is 0 Å². The van der Waals surface area contributed by atoms with Crippen molar-refractivity contribution in [2.24, 2.45) is 0 Å². The summed E-state index contributed by atoms with van der Waals surface area (Å²) in [4.78, 5) is 0. The lowest BCUT2D eigenvalue weighted by molar-refractivity contribution is 0.595. The molecule has 0 saturated carbocycles. The molecular formula is C48H30N2O2. The van der Waals surface area contributed by atoms with Crippen LogP contribution >= 0.6 is 0 Å². The largest absolute Gasteiger partial charge is 0.456 e. The second kappa shape index (κ2) is 10.4. The van der Waals surface area contributed by atoms with Crippen molar-refractivity contribution in [3.05, 3.63) is 163 Å². The number of aromatic nitrogens is 2. The van der Waals surface area contributed by atoms with E-state index in [0.29, 0.717) is 0 Å². The van der Waals surface area contributed by atoms with E-state index in [2.05, 4.69) is 155 Å². The average molecular weight is 667 g/mol. The molecule has 244 valence electrons. The number of furan rings is 2. The summed E-state index contributed by atoms with van der Waals surface area (Å²) in [6.07, 6.45) is 6.39. The van der Waals surface area contributed by atoms with E-state index in [4.69, 9.17) is 8.83 Å². The predicted molar refractivity (Wildman–Crippen MR) is 215 cm³/mol. The Labute approximate surface area is 298 Å². The van der Waals surface area contributed by atoms with Crippen LogP contribution in [0.5, 0.6) is 0 Å². The highest BCUT2D eigenvalue weighted by molar-refractivity contribution is 6.13. The minimum absolute atomic E-state index is 0.906. The van der Waals surface area contributed by atoms with Crippen LogP contribution in [0.15, 0.2) is 161 Å². The first-order valence-corrected chi connectivity index (χ1v) is 18.0. The van der Waals surface area contributed by atoms with Crippen molar-refractivity contribution >= 4 is 82.6 Å². The van der Waals surface area contributed by atoms with E-state index in [0.717, 1.165) is 57.5 Å². The molecule has 0 radical (unpaired) electrons. The van der Waals surface area contributed by atoms with Crippen LogP contribution in [0.2, 0.25) is 0 Å². The highest BCUT2D eigenvalue weighted by Crippen LogP contribution is 2.40. The molecule has 12 rings (SSSR count). The van der Waals surface area contributed by atoms with Crippen LogP contribution in [0.25, 0.3) is 105 Å². The van der Waals surface area contributed by atoms with Gasteiger partial charge in [-0.3, -0.25) is 0 Å². The maximum atomic E-state index is 6.21. The SMILES string of the molecule is C1=Cc2oc3ccc(-n4c5ccccc5c5cc(-c6ccc7c(c6)c6ccccc6n7-c6ccc7oc8ccccc8c7c6)ccc54)cc3c2CC1. The first-order valence-electron chi connectivity index (χ1n) is 18.0. The van der Waals surface area contributed by atoms with Gasteiger partial charge in [-0.15, -0.1) is 0 Å². The fraction of sp³-hybridized carbons (Fsp3) is 0.0417. The third kappa shape index (κ3) is 3.86. The van der Waals surface area contributed by atoms with E-state index in [1.807, 2.05) is 12.1 Å². The molecule has 1 aliphatic carbocycles. The summed E-state index contributed by atoms with van der Waals surface area (Å²) in [6, 6.07) is 52.8. The van der Waals surface area contributed by atoms with Gasteiger partial charge in [0, 0.05) is 54.6 Å². The Hall–Kier alpha value is -6.78. The van der Waals surface area contributed by atoms with Crippen molar-refractivity contribution in [1.82, 2.24) is 9.13 Å². The monoisotopic (exact) mass is 666 g/mol. The first kappa shape index (κ1) is 28.0. The smallest absolute Gasteiger partial charge is 0.135 e. The molecular weight excluding hydrogens is 637 g/mol. The molecule has 4 aromatic heterocycles. The second-order valence-electron chi connectivity index (χ2n) is 14.0. The number of allylic oxidation sites excluding steroid dienone is 1. The fourth-order valence-electron chi connectivity index (χ4n) is 8.82. The Morgan fingerprint density at radius 3 is 1.62 bits per heavy atom. The minimum atomic E-state index is 0.906. The Bertz CT molecular complexity index is 3310. The lowest BCUT2D eigenvalue weighted by Gasteiger charge is -2.10. The van der Waals surface area contributed by atoms with Crippen molar-refractivity contribution in [1.29, 1.82) is 0 Å². The molecule has 0 unspecified atom stereocenters. The normalized spacial score (nSPS) is 13.2. The molecule has 0 atom stereocenters. The Morgan fingerprint density at radius 1 is 0.404 bits per heavy atom. The van der Waals surface area contributed by atoms with Crippen LogP contribution in [0.1, 0.15) is 17.7 Å². The summed E-state index contributed by atoms with van der Waals surface area (Å²) >= 11 is 0. The molecule has 4 heteroatoms. The standard InChI is InChI=1S/C48H30N2O2/c1-5-13-41-33(9-1)37-25-29(17-21-43(37)49(41)31-19-23-47-39(27-31)35-11-3-7-15-45(35)51-47)30-18-22-44-38(26-30)34-10-2-6-14-42(34)50(44)32-20-24-48-40(28-32)36-12-4-8-16-46(36)52-48/h1-3,5-11,13-28H,4,12H2. The molecule has 0 amide bonds. The van der Waals surface area contributed by atoms with Crippen molar-refractivity contribution in [2.45, 2.75) is 12.8 Å². The van der Waals surface area contributed by atoms with Crippen molar-refractivity contribution < 1.29 is 8.83 Å². The van der Waals surface area contributed by atoms with E-state index < -0.39 is 0 Å². The van der Waals surface area contributed by atoms with Gasteiger partial charge in [0.25, 0.3) is 0 Å². The number of hydrogen-bond donors (Lipinski definition) is 0. The molecule has 0 saturated heterocycles. The summed E-state index contributed by atoms with van der Waals surface area (Å²) in [5.41, 5.74) is 13.5. The molecule has 0 N–H and O–H groups in total. The molecule has 11 aromatic rings. The van der Waals surface area contributed by atoms with E-state index in [1.54, 1.807) is 0 Å². The quantitative estimate of drug-likeness (QED) is 0.188. The van der Waals surface area contributed by atoms with Gasteiger partial charge in [-0.05, 0) is 109 Å². The summed E-state index contributed by atoms with van der Waals surface area (Å²) in [7, 11) is 0. The minimum Gasteiger partial charge on any atom is -0.456 e. The van der Waals surface area contributed by atoms with Crippen LogP contribution in [0, 0.1) is 0 Å². The molecule has 4 heterocycles. The summed E-state index contributed by atoms with van der Waals surface area (Å²) in [5.74, 6) is 0.998. The Morgan fingerprint density at radius 2 is 0.942 bits per heavy atom. The Balaban J connectivity index is 1.03. The van der Waals surface area contributed by atoms with Gasteiger partial charge < -0.3 is 18.0 Å². The van der Waals surface area contributed by atoms with Crippen molar-refractivity contribution in [3.63, 3.8) is 0 Å². The average Bonchev–Trinajstić information content (AvgIpc) is 3.94. The van der Waals surface area contributed by atoms with Gasteiger partial charge in [-0.2, -0.15) is 0 Å². The molecule has 52 heavy (non-hydrogen) atoms. The zero-order valence-corrected chi connectivity index (χ0v) is 28.1. The van der Waals surface area contributed by atoms with E-state index in [1.165, 1.54) is 65.7 Å². The topological polar surface area (TPSA) is 36.1 Å². The van der Waals surface area contributed by atoms with Gasteiger partial charge in [0.05, 0.1) is 22.1 Å². The highest BCUT2D eigenvalue weighted by Gasteiger charge is 2.19. The lowest BCUT2D eigenvalue weighted by atomic mass is 10.0. The molecule has 0 fully saturated rings. The highest BCUT2D eigenvalue weighted by atomic mass is 16.3. The van der Waals surface area contributed by atoms with Gasteiger partial charge in [0.1, 0.15) is 22.5 Å². The number of nitrogens with zero attached hydrogens (tertiary/aromatic N) is 2. The fourth-order valence-corrected chi connectivity index (χ4v) is 8.82. The van der Waals surface area contributed by atoms with Gasteiger partial charge in [0.2, 0.25) is 0 Å². The van der Waals surface area contributed by atoms with Crippen LogP contribution in [-0.4, -0.2) is 9.13 Å². The molecule has 0 aliphatic heterocycles. The van der Waals surface area contributed by atoms with Gasteiger partial charge in [0.15, 0.2) is 0 Å². The lowest BCUT2D eigenvalue weighted by Crippen LogP contribution is -1.94. The molecule has 1 aliphatic rings. The predicted octanol–water partition coefficient (Wildman–Crippen LogP) is 13.2. The Kier molecular flexibility index (Phi) is 5.58. The van der Waals surface area contributed by atoms with E-state index in [-0.39, 0.29) is 0 Å². The van der Waals surface area contributed by atoms with Gasteiger partial charge in [-0.25, -0.2) is 0 Å². The third-order valence-corrected chi connectivity index (χ3v) is 11.2. The zero-order valence-electron chi connectivity index (χ0n) is 28.1. The number of hydrogen-bond acceptors (Lipinski definition) is 2. The number of fused-ring (bicyclic) bond motifs is 12. The van der Waals surface area contributed by atoms with Gasteiger partial charge in [-0.1, -0.05) is 72.8 Å². The number of aryl methyl sites for hydroxylation is 1. The molecule has 0 bridgehead atoms. The first-order chi connectivity index (χ1) is 25.8. The summed E-state index contributed by atoms with van der Waals surface area (Å²) in [5, 5.41) is 8.44. The molecule has 0 spiro atoms. The summed E-state index contributed by atoms with van der Waals surface area (Å²) in [6.45, 7) is 0. The number of rotatable bonds is 3.